The highest BCUT2D eigenvalue weighted by Crippen LogP contribution is 2.54. The van der Waals surface area contributed by atoms with Crippen LogP contribution in [0, 0.1) is 0 Å². The van der Waals surface area contributed by atoms with Crippen molar-refractivity contribution in [3.05, 3.63) is 245 Å². The summed E-state index contributed by atoms with van der Waals surface area (Å²) in [7, 11) is 0. The maximum absolute atomic E-state index is 7.38. The molecule has 0 spiro atoms. The van der Waals surface area contributed by atoms with Crippen molar-refractivity contribution in [2.45, 2.75) is 105 Å². The summed E-state index contributed by atoms with van der Waals surface area (Å²) >= 11 is 14.8. The predicted octanol–water partition coefficient (Wildman–Crippen LogP) is 20.6. The lowest BCUT2D eigenvalue weighted by molar-refractivity contribution is 0.590. The van der Waals surface area contributed by atoms with Gasteiger partial charge in [0, 0.05) is 55.0 Å². The van der Waals surface area contributed by atoms with Crippen LogP contribution in [0.15, 0.2) is 212 Å². The van der Waals surface area contributed by atoms with Crippen molar-refractivity contribution < 1.29 is 0 Å². The van der Waals surface area contributed by atoms with E-state index < -0.39 is 0 Å². The Morgan fingerprint density at radius 3 is 0.914 bits per heavy atom. The van der Waals surface area contributed by atoms with Gasteiger partial charge in [-0.3, -0.25) is 0 Å². The molecule has 0 unspecified atom stereocenters. The number of rotatable bonds is 7. The van der Waals surface area contributed by atoms with Crippen LogP contribution in [0.2, 0.25) is 10.0 Å². The van der Waals surface area contributed by atoms with Crippen LogP contribution < -0.4 is 26.2 Å². The summed E-state index contributed by atoms with van der Waals surface area (Å²) in [5.74, 6) is 0. The third-order valence-corrected chi connectivity index (χ3v) is 17.3. The number of halogens is 2. The van der Waals surface area contributed by atoms with Crippen molar-refractivity contribution in [2.24, 2.45) is 0 Å². The van der Waals surface area contributed by atoms with Gasteiger partial charge >= 0.3 is 0 Å². The molecule has 0 amide bonds. The van der Waals surface area contributed by atoms with E-state index in [1.165, 1.54) is 38.6 Å². The summed E-state index contributed by atoms with van der Waals surface area (Å²) in [5.41, 5.74) is 26.2. The van der Waals surface area contributed by atoms with Gasteiger partial charge in [-0.05, 0) is 130 Å². The van der Waals surface area contributed by atoms with Crippen LogP contribution in [0.4, 0.5) is 34.1 Å². The lowest BCUT2D eigenvalue weighted by atomic mass is 9.33. The topological polar surface area (TPSA) is 6.48 Å². The SMILES string of the molecule is CC(C)(C)c1cccc(-c2cccc(-c3cccc(C(C)(C)C)c3)c2N2c3cc(Cl)ccc3B3c4ccc(Cl)cc4N(c4c(-c5cccc(C(C)(C)C)c5)cccc4-c4cccc(C(C)(C)C)c4)c4cc(-c5ccccc5)cc2c43)c1. The third-order valence-electron chi connectivity index (χ3n) is 16.8. The van der Waals surface area contributed by atoms with E-state index in [4.69, 9.17) is 23.2 Å². The average Bonchev–Trinajstić information content (AvgIpc) is 3.24. The minimum Gasteiger partial charge on any atom is -0.310 e. The Labute approximate surface area is 492 Å². The molecule has 10 aromatic rings. The van der Waals surface area contributed by atoms with E-state index in [0.29, 0.717) is 10.0 Å². The molecule has 0 bridgehead atoms. The van der Waals surface area contributed by atoms with Crippen LogP contribution in [0.1, 0.15) is 105 Å². The smallest absolute Gasteiger partial charge is 0.252 e. The molecule has 81 heavy (non-hydrogen) atoms. The molecule has 5 heteroatoms. The third kappa shape index (κ3) is 9.91. The molecule has 0 fully saturated rings. The van der Waals surface area contributed by atoms with Crippen molar-refractivity contribution in [3.63, 3.8) is 0 Å². The molecule has 2 aliphatic rings. The fourth-order valence-electron chi connectivity index (χ4n) is 12.3. The molecule has 0 aromatic heterocycles. The fourth-order valence-corrected chi connectivity index (χ4v) is 12.7. The highest BCUT2D eigenvalue weighted by Gasteiger charge is 2.45. The van der Waals surface area contributed by atoms with Crippen LogP contribution >= 0.6 is 23.2 Å². The highest BCUT2D eigenvalue weighted by molar-refractivity contribution is 7.00. The largest absolute Gasteiger partial charge is 0.310 e. The Balaban J connectivity index is 1.26. The molecule has 2 aliphatic heterocycles. The van der Waals surface area contributed by atoms with E-state index >= 15 is 0 Å². The Hall–Kier alpha value is -7.56. The van der Waals surface area contributed by atoms with Crippen LogP contribution in [0.5, 0.6) is 0 Å². The number of fused-ring (bicyclic) bond motifs is 4. The first-order chi connectivity index (χ1) is 38.5. The fraction of sp³-hybridized carbons (Fsp3) is 0.211. The van der Waals surface area contributed by atoms with E-state index in [9.17, 15) is 0 Å². The Morgan fingerprint density at radius 2 is 0.593 bits per heavy atom. The Morgan fingerprint density at radius 1 is 0.284 bits per heavy atom. The van der Waals surface area contributed by atoms with Crippen molar-refractivity contribution in [3.8, 4) is 55.6 Å². The van der Waals surface area contributed by atoms with Gasteiger partial charge in [0.15, 0.2) is 0 Å². The summed E-state index contributed by atoms with van der Waals surface area (Å²) in [6.45, 7) is 27.4. The van der Waals surface area contributed by atoms with Crippen LogP contribution in [-0.4, -0.2) is 6.71 Å². The standard InChI is InChI=1S/C76H71BCl2N2/c1-73(2,3)54-28-16-24-49(40-54)60-32-20-33-61(50-25-17-29-55(41-50)74(4,5)6)71(60)80-66-46-58(78)36-38-64(66)77-65-39-37-59(79)47-67(65)81(69-45-53(44-68(80)70(69)77)48-22-14-13-15-23-48)72-62(51-26-18-30-56(42-51)75(7,8)9)34-21-35-63(72)52-27-19-31-57(43-52)76(10,11)12/h13-47H,1-12H3. The Kier molecular flexibility index (Phi) is 13.5. The van der Waals surface area contributed by atoms with Gasteiger partial charge in [-0.2, -0.15) is 0 Å². The maximum atomic E-state index is 7.38. The molecule has 2 heterocycles. The average molecular weight is 1090 g/mol. The molecular weight excluding hydrogens is 1020 g/mol. The van der Waals surface area contributed by atoms with Gasteiger partial charge in [-0.1, -0.05) is 282 Å². The zero-order valence-electron chi connectivity index (χ0n) is 48.9. The molecule has 0 aliphatic carbocycles. The quantitative estimate of drug-likeness (QED) is 0.147. The second-order valence-electron chi connectivity index (χ2n) is 26.5. The molecule has 2 nitrogen and oxygen atoms in total. The van der Waals surface area contributed by atoms with Crippen molar-refractivity contribution in [1.29, 1.82) is 0 Å². The van der Waals surface area contributed by atoms with Crippen molar-refractivity contribution >= 4 is 80.4 Å². The maximum Gasteiger partial charge on any atom is 0.252 e. The predicted molar refractivity (Wildman–Crippen MR) is 352 cm³/mol. The van der Waals surface area contributed by atoms with Crippen LogP contribution in [-0.2, 0) is 21.7 Å². The van der Waals surface area contributed by atoms with Crippen molar-refractivity contribution in [2.75, 3.05) is 9.80 Å². The van der Waals surface area contributed by atoms with Gasteiger partial charge < -0.3 is 9.80 Å². The summed E-state index contributed by atoms with van der Waals surface area (Å²) in [5, 5.41) is 1.35. The second kappa shape index (κ2) is 20.2. The number of benzene rings is 10. The molecule has 0 N–H and O–H groups in total. The first kappa shape index (κ1) is 54.1. The van der Waals surface area contributed by atoms with Gasteiger partial charge in [0.2, 0.25) is 0 Å². The molecule has 10 aromatic carbocycles. The van der Waals surface area contributed by atoms with Gasteiger partial charge in [0.25, 0.3) is 6.71 Å². The molecule has 402 valence electrons. The molecule has 0 saturated carbocycles. The number of hydrogen-bond donors (Lipinski definition) is 0. The molecule has 0 radical (unpaired) electrons. The normalized spacial score (nSPS) is 13.2. The highest BCUT2D eigenvalue weighted by atomic mass is 35.5. The lowest BCUT2D eigenvalue weighted by Gasteiger charge is -2.46. The second-order valence-corrected chi connectivity index (χ2v) is 27.4. The first-order valence-corrected chi connectivity index (χ1v) is 29.4. The zero-order chi connectivity index (χ0) is 56.9. The van der Waals surface area contributed by atoms with E-state index in [1.807, 2.05) is 0 Å². The number of para-hydroxylation sites is 2. The van der Waals surface area contributed by atoms with E-state index in [0.717, 1.165) is 89.8 Å². The number of hydrogen-bond acceptors (Lipinski definition) is 2. The number of nitrogens with zero attached hydrogens (tertiary/aromatic N) is 2. The van der Waals surface area contributed by atoms with Gasteiger partial charge in [0.1, 0.15) is 0 Å². The van der Waals surface area contributed by atoms with Gasteiger partial charge in [-0.15, -0.1) is 0 Å². The van der Waals surface area contributed by atoms with Crippen molar-refractivity contribution in [1.82, 2.24) is 0 Å². The minimum atomic E-state index is -0.194. The Bertz CT molecular complexity index is 3700. The summed E-state index contributed by atoms with van der Waals surface area (Å²) in [6, 6.07) is 79.4. The first-order valence-electron chi connectivity index (χ1n) is 28.7. The summed E-state index contributed by atoms with van der Waals surface area (Å²) < 4.78 is 0. The number of anilines is 6. The molecule has 0 atom stereocenters. The van der Waals surface area contributed by atoms with E-state index in [1.54, 1.807) is 0 Å². The van der Waals surface area contributed by atoms with Crippen LogP contribution in [0.25, 0.3) is 55.6 Å². The monoisotopic (exact) mass is 1090 g/mol. The molecular formula is C76H71BCl2N2. The zero-order valence-corrected chi connectivity index (χ0v) is 50.4. The van der Waals surface area contributed by atoms with Crippen LogP contribution in [0.3, 0.4) is 0 Å². The minimum absolute atomic E-state index is 0.0760. The van der Waals surface area contributed by atoms with E-state index in [-0.39, 0.29) is 28.4 Å². The summed E-state index contributed by atoms with van der Waals surface area (Å²) in [4.78, 5) is 5.15. The van der Waals surface area contributed by atoms with Gasteiger partial charge in [0.05, 0.1) is 11.4 Å². The van der Waals surface area contributed by atoms with Gasteiger partial charge in [-0.25, -0.2) is 0 Å². The summed E-state index contributed by atoms with van der Waals surface area (Å²) in [6.07, 6.45) is 0. The van der Waals surface area contributed by atoms with E-state index in [2.05, 4.69) is 305 Å². The lowest BCUT2D eigenvalue weighted by Crippen LogP contribution is -2.61. The molecule has 0 saturated heterocycles. The molecule has 12 rings (SSSR count).